The predicted octanol–water partition coefficient (Wildman–Crippen LogP) is 4.69. The van der Waals surface area contributed by atoms with E-state index in [-0.39, 0.29) is 18.5 Å². The van der Waals surface area contributed by atoms with Gasteiger partial charge in [-0.1, -0.05) is 28.1 Å². The maximum atomic E-state index is 13.9. The molecule has 0 aliphatic carbocycles. The minimum atomic E-state index is -0.213. The Morgan fingerprint density at radius 2 is 2.05 bits per heavy atom. The number of hydrogen-bond acceptors (Lipinski definition) is 2. The van der Waals surface area contributed by atoms with Crippen LogP contribution < -0.4 is 5.32 Å². The Labute approximate surface area is 133 Å². The van der Waals surface area contributed by atoms with Gasteiger partial charge in [-0.15, -0.1) is 0 Å². The zero-order valence-corrected chi connectivity index (χ0v) is 13.5. The molecule has 0 radical (unpaired) electrons. The highest BCUT2D eigenvalue weighted by molar-refractivity contribution is 9.10. The van der Waals surface area contributed by atoms with Crippen molar-refractivity contribution in [1.82, 2.24) is 0 Å². The molecule has 0 fully saturated rings. The first-order valence-corrected chi connectivity index (χ1v) is 7.80. The van der Waals surface area contributed by atoms with E-state index in [0.717, 1.165) is 28.6 Å². The average Bonchev–Trinajstić information content (AvgIpc) is 2.48. The lowest BCUT2D eigenvalue weighted by Crippen LogP contribution is -2.09. The summed E-state index contributed by atoms with van der Waals surface area (Å²) in [5, 5.41) is 12.2. The molecule has 1 atom stereocenters. The van der Waals surface area contributed by atoms with Crippen molar-refractivity contribution in [2.75, 3.05) is 11.9 Å². The molecular weight excluding hydrogens is 333 g/mol. The molecular formula is C17H19BrFNO. The van der Waals surface area contributed by atoms with Gasteiger partial charge in [0.2, 0.25) is 0 Å². The van der Waals surface area contributed by atoms with Crippen LogP contribution in [0, 0.1) is 5.82 Å². The van der Waals surface area contributed by atoms with Crippen molar-refractivity contribution >= 4 is 21.6 Å². The van der Waals surface area contributed by atoms with Gasteiger partial charge in [-0.05, 0) is 55.7 Å². The standard InChI is InChI=1S/C17H19BrFNO/c1-12(16-11-14(18)7-8-17(16)19)20-15-6-2-4-13(10-15)5-3-9-21/h2,4,6-8,10-12,20-21H,3,5,9H2,1H3. The SMILES string of the molecule is CC(Nc1cccc(CCCO)c1)c1cc(Br)ccc1F. The molecule has 0 aliphatic heterocycles. The first-order valence-electron chi connectivity index (χ1n) is 7.01. The molecule has 0 heterocycles. The normalized spacial score (nSPS) is 12.2. The molecule has 2 rings (SSSR count). The van der Waals surface area contributed by atoms with Gasteiger partial charge in [-0.3, -0.25) is 0 Å². The van der Waals surface area contributed by atoms with Gasteiger partial charge >= 0.3 is 0 Å². The fraction of sp³-hybridized carbons (Fsp3) is 0.294. The average molecular weight is 352 g/mol. The Bertz CT molecular complexity index is 603. The Morgan fingerprint density at radius 1 is 1.24 bits per heavy atom. The van der Waals surface area contributed by atoms with Crippen molar-refractivity contribution in [3.05, 3.63) is 63.9 Å². The third-order valence-corrected chi connectivity index (χ3v) is 3.85. The number of anilines is 1. The lowest BCUT2D eigenvalue weighted by atomic mass is 10.1. The van der Waals surface area contributed by atoms with Crippen LogP contribution >= 0.6 is 15.9 Å². The summed E-state index contributed by atoms with van der Waals surface area (Å²) in [6.45, 7) is 2.13. The Balaban J connectivity index is 2.11. The minimum Gasteiger partial charge on any atom is -0.396 e. The summed E-state index contributed by atoms with van der Waals surface area (Å²) >= 11 is 3.37. The zero-order valence-electron chi connectivity index (χ0n) is 11.9. The van der Waals surface area contributed by atoms with E-state index < -0.39 is 0 Å². The van der Waals surface area contributed by atoms with E-state index in [9.17, 15) is 4.39 Å². The Kier molecular flexibility index (Phi) is 5.76. The maximum Gasteiger partial charge on any atom is 0.128 e. The number of benzene rings is 2. The summed E-state index contributed by atoms with van der Waals surface area (Å²) in [5.41, 5.74) is 2.75. The van der Waals surface area contributed by atoms with Crippen molar-refractivity contribution in [2.45, 2.75) is 25.8 Å². The molecule has 2 N–H and O–H groups in total. The van der Waals surface area contributed by atoms with E-state index >= 15 is 0 Å². The number of nitrogens with one attached hydrogen (secondary N) is 1. The van der Waals surface area contributed by atoms with E-state index in [1.165, 1.54) is 6.07 Å². The zero-order chi connectivity index (χ0) is 15.2. The fourth-order valence-electron chi connectivity index (χ4n) is 2.27. The topological polar surface area (TPSA) is 32.3 Å². The molecule has 0 aromatic heterocycles. The Hall–Kier alpha value is -1.39. The second-order valence-electron chi connectivity index (χ2n) is 5.06. The van der Waals surface area contributed by atoms with Crippen LogP contribution in [0.3, 0.4) is 0 Å². The van der Waals surface area contributed by atoms with Crippen molar-refractivity contribution < 1.29 is 9.50 Å². The molecule has 0 amide bonds. The van der Waals surface area contributed by atoms with E-state index in [1.807, 2.05) is 31.2 Å². The second-order valence-corrected chi connectivity index (χ2v) is 5.98. The summed E-state index contributed by atoms with van der Waals surface area (Å²) in [6, 6.07) is 12.8. The molecule has 0 bridgehead atoms. The first-order chi connectivity index (χ1) is 10.1. The van der Waals surface area contributed by atoms with E-state index in [2.05, 4.69) is 21.2 Å². The molecule has 4 heteroatoms. The van der Waals surface area contributed by atoms with Crippen LogP contribution in [0.15, 0.2) is 46.9 Å². The third-order valence-electron chi connectivity index (χ3n) is 3.36. The lowest BCUT2D eigenvalue weighted by molar-refractivity contribution is 0.288. The van der Waals surface area contributed by atoms with Gasteiger partial charge in [0.15, 0.2) is 0 Å². The molecule has 0 spiro atoms. The van der Waals surface area contributed by atoms with Crippen LogP contribution in [0.4, 0.5) is 10.1 Å². The van der Waals surface area contributed by atoms with Gasteiger partial charge in [-0.2, -0.15) is 0 Å². The van der Waals surface area contributed by atoms with Gasteiger partial charge in [-0.25, -0.2) is 4.39 Å². The van der Waals surface area contributed by atoms with E-state index in [1.54, 1.807) is 12.1 Å². The molecule has 112 valence electrons. The number of rotatable bonds is 6. The summed E-state index contributed by atoms with van der Waals surface area (Å²) in [5.74, 6) is -0.213. The molecule has 0 saturated heterocycles. The fourth-order valence-corrected chi connectivity index (χ4v) is 2.65. The molecule has 2 aromatic carbocycles. The molecule has 21 heavy (non-hydrogen) atoms. The van der Waals surface area contributed by atoms with Crippen molar-refractivity contribution in [3.63, 3.8) is 0 Å². The van der Waals surface area contributed by atoms with Crippen molar-refractivity contribution in [2.24, 2.45) is 0 Å². The number of aryl methyl sites for hydroxylation is 1. The summed E-state index contributed by atoms with van der Waals surface area (Å²) in [7, 11) is 0. The lowest BCUT2D eigenvalue weighted by Gasteiger charge is -2.17. The van der Waals surface area contributed by atoms with Crippen LogP contribution in [0.5, 0.6) is 0 Å². The third kappa shape index (κ3) is 4.55. The molecule has 0 aliphatic rings. The van der Waals surface area contributed by atoms with Crippen LogP contribution in [-0.4, -0.2) is 11.7 Å². The monoisotopic (exact) mass is 351 g/mol. The van der Waals surface area contributed by atoms with E-state index in [4.69, 9.17) is 5.11 Å². The van der Waals surface area contributed by atoms with Crippen molar-refractivity contribution in [1.29, 1.82) is 0 Å². The molecule has 0 saturated carbocycles. The number of aliphatic hydroxyl groups excluding tert-OH is 1. The van der Waals surface area contributed by atoms with Crippen LogP contribution in [0.2, 0.25) is 0 Å². The maximum absolute atomic E-state index is 13.9. The van der Waals surface area contributed by atoms with Crippen LogP contribution in [0.1, 0.15) is 30.5 Å². The second kappa shape index (κ2) is 7.57. The quantitative estimate of drug-likeness (QED) is 0.791. The molecule has 1 unspecified atom stereocenters. The predicted molar refractivity (Wildman–Crippen MR) is 88.0 cm³/mol. The van der Waals surface area contributed by atoms with Crippen LogP contribution in [-0.2, 0) is 6.42 Å². The smallest absolute Gasteiger partial charge is 0.128 e. The first kappa shape index (κ1) is 16.0. The summed E-state index contributed by atoms with van der Waals surface area (Å²) in [6.07, 6.45) is 1.59. The molecule has 2 nitrogen and oxygen atoms in total. The van der Waals surface area contributed by atoms with Gasteiger partial charge in [0, 0.05) is 22.3 Å². The Morgan fingerprint density at radius 3 is 2.81 bits per heavy atom. The van der Waals surface area contributed by atoms with E-state index in [0.29, 0.717) is 5.56 Å². The van der Waals surface area contributed by atoms with Crippen molar-refractivity contribution in [3.8, 4) is 0 Å². The number of halogens is 2. The summed E-state index contributed by atoms with van der Waals surface area (Å²) < 4.78 is 14.7. The van der Waals surface area contributed by atoms with Crippen LogP contribution in [0.25, 0.3) is 0 Å². The highest BCUT2D eigenvalue weighted by Gasteiger charge is 2.11. The largest absolute Gasteiger partial charge is 0.396 e. The van der Waals surface area contributed by atoms with Gasteiger partial charge < -0.3 is 10.4 Å². The molecule has 2 aromatic rings. The summed E-state index contributed by atoms with van der Waals surface area (Å²) in [4.78, 5) is 0. The highest BCUT2D eigenvalue weighted by atomic mass is 79.9. The number of aliphatic hydroxyl groups is 1. The van der Waals surface area contributed by atoms with Gasteiger partial charge in [0.05, 0.1) is 6.04 Å². The minimum absolute atomic E-state index is 0.129. The van der Waals surface area contributed by atoms with Gasteiger partial charge in [0.1, 0.15) is 5.82 Å². The van der Waals surface area contributed by atoms with Gasteiger partial charge in [0.25, 0.3) is 0 Å². The number of hydrogen-bond donors (Lipinski definition) is 2. The highest BCUT2D eigenvalue weighted by Crippen LogP contribution is 2.25.